The number of hydrogen-bond donors (Lipinski definition) is 0. The predicted molar refractivity (Wildman–Crippen MR) is 73.4 cm³/mol. The first-order valence-electron chi connectivity index (χ1n) is 7.20. The lowest BCUT2D eigenvalue weighted by Gasteiger charge is -2.26. The van der Waals surface area contributed by atoms with Crippen LogP contribution in [0.4, 0.5) is 13.2 Å². The van der Waals surface area contributed by atoms with Crippen LogP contribution in [0, 0.1) is 11.8 Å². The Morgan fingerprint density at radius 1 is 1.14 bits per heavy atom. The van der Waals surface area contributed by atoms with Crippen LogP contribution in [0.2, 0.25) is 0 Å². The van der Waals surface area contributed by atoms with Crippen LogP contribution in [-0.2, 0) is 0 Å². The molecule has 21 heavy (non-hydrogen) atoms. The Labute approximate surface area is 122 Å². The van der Waals surface area contributed by atoms with Gasteiger partial charge in [0, 0.05) is 5.56 Å². The molecule has 1 aromatic rings. The molecule has 0 N–H and O–H groups in total. The minimum atomic E-state index is -4.83. The fraction of sp³-hybridized carbons (Fsp3) is 0.562. The van der Waals surface area contributed by atoms with Crippen LogP contribution in [0.1, 0.15) is 43.0 Å². The Bertz CT molecular complexity index is 471. The molecule has 1 fully saturated rings. The Morgan fingerprint density at radius 2 is 1.71 bits per heavy atom. The van der Waals surface area contributed by atoms with E-state index >= 15 is 0 Å². The molecule has 0 spiro atoms. The summed E-state index contributed by atoms with van der Waals surface area (Å²) in [7, 11) is 0. The Morgan fingerprint density at radius 3 is 2.24 bits per heavy atom. The Kier molecular flexibility index (Phi) is 4.91. The van der Waals surface area contributed by atoms with Crippen molar-refractivity contribution in [2.75, 3.05) is 6.61 Å². The molecule has 0 amide bonds. The molecule has 0 bridgehead atoms. The molecule has 0 saturated heterocycles. The van der Waals surface area contributed by atoms with E-state index in [1.54, 1.807) is 0 Å². The summed E-state index contributed by atoms with van der Waals surface area (Å²) in [5.74, 6) is -0.0331. The van der Waals surface area contributed by atoms with Gasteiger partial charge in [-0.1, -0.05) is 19.8 Å². The molecule has 1 aliphatic carbocycles. The van der Waals surface area contributed by atoms with Gasteiger partial charge in [0.2, 0.25) is 0 Å². The molecule has 0 atom stereocenters. The first-order valence-corrected chi connectivity index (χ1v) is 7.20. The largest absolute Gasteiger partial charge is 0.493 e. The molecule has 1 aromatic carbocycles. The van der Waals surface area contributed by atoms with Crippen molar-refractivity contribution in [2.45, 2.75) is 38.8 Å². The van der Waals surface area contributed by atoms with Crippen LogP contribution in [0.3, 0.4) is 0 Å². The smallest absolute Gasteiger partial charge is 0.454 e. The number of alkyl halides is 3. The summed E-state index contributed by atoms with van der Waals surface area (Å²) in [5, 5.41) is 0. The van der Waals surface area contributed by atoms with Crippen molar-refractivity contribution in [2.24, 2.45) is 11.8 Å². The number of benzene rings is 1. The van der Waals surface area contributed by atoms with Gasteiger partial charge in [0.15, 0.2) is 0 Å². The Hall–Kier alpha value is -1.52. The zero-order chi connectivity index (χ0) is 15.5. The van der Waals surface area contributed by atoms with E-state index in [2.05, 4.69) is 6.92 Å². The average molecular weight is 300 g/mol. The standard InChI is InChI=1S/C16H19F3O2/c1-11-2-4-12(5-3-11)10-21-14-8-6-13(7-9-14)15(20)16(17,18)19/h6-9,11-12H,2-5,10H2,1H3. The van der Waals surface area contributed by atoms with Crippen LogP contribution >= 0.6 is 0 Å². The second-order valence-electron chi connectivity index (χ2n) is 5.79. The molecular weight excluding hydrogens is 281 g/mol. The monoisotopic (exact) mass is 300 g/mol. The van der Waals surface area contributed by atoms with Gasteiger partial charge in [-0.25, -0.2) is 0 Å². The minimum absolute atomic E-state index is 0.360. The SMILES string of the molecule is CC1CCC(COc2ccc(C(=O)C(F)(F)F)cc2)CC1. The van der Waals surface area contributed by atoms with Gasteiger partial charge in [0.1, 0.15) is 5.75 Å². The van der Waals surface area contributed by atoms with Gasteiger partial charge in [-0.3, -0.25) is 4.79 Å². The van der Waals surface area contributed by atoms with Crippen molar-refractivity contribution < 1.29 is 22.7 Å². The molecule has 2 rings (SSSR count). The molecule has 0 radical (unpaired) electrons. The van der Waals surface area contributed by atoms with Gasteiger partial charge in [-0.15, -0.1) is 0 Å². The zero-order valence-corrected chi connectivity index (χ0v) is 12.0. The highest BCUT2D eigenvalue weighted by molar-refractivity contribution is 6.00. The summed E-state index contributed by atoms with van der Waals surface area (Å²) in [6, 6.07) is 5.16. The molecule has 0 aromatic heterocycles. The number of ether oxygens (including phenoxy) is 1. The van der Waals surface area contributed by atoms with Crippen molar-refractivity contribution in [3.63, 3.8) is 0 Å². The molecule has 5 heteroatoms. The van der Waals surface area contributed by atoms with Gasteiger partial charge in [0.25, 0.3) is 5.78 Å². The lowest BCUT2D eigenvalue weighted by Crippen LogP contribution is -2.22. The highest BCUT2D eigenvalue weighted by Crippen LogP contribution is 2.29. The number of ketones is 1. The lowest BCUT2D eigenvalue weighted by atomic mass is 9.83. The quantitative estimate of drug-likeness (QED) is 0.757. The van der Waals surface area contributed by atoms with Crippen LogP contribution in [-0.4, -0.2) is 18.6 Å². The summed E-state index contributed by atoms with van der Waals surface area (Å²) in [6.45, 7) is 2.83. The number of halogens is 3. The fourth-order valence-electron chi connectivity index (χ4n) is 2.58. The van der Waals surface area contributed by atoms with Crippen molar-refractivity contribution in [1.29, 1.82) is 0 Å². The van der Waals surface area contributed by atoms with Gasteiger partial charge in [-0.05, 0) is 48.9 Å². The van der Waals surface area contributed by atoms with Gasteiger partial charge < -0.3 is 4.74 Å². The van der Waals surface area contributed by atoms with Crippen molar-refractivity contribution in [1.82, 2.24) is 0 Å². The normalized spacial score (nSPS) is 22.9. The van der Waals surface area contributed by atoms with E-state index in [1.165, 1.54) is 25.0 Å². The molecule has 0 heterocycles. The van der Waals surface area contributed by atoms with Gasteiger partial charge >= 0.3 is 6.18 Å². The van der Waals surface area contributed by atoms with E-state index in [4.69, 9.17) is 4.74 Å². The van der Waals surface area contributed by atoms with E-state index in [-0.39, 0.29) is 5.56 Å². The van der Waals surface area contributed by atoms with E-state index < -0.39 is 12.0 Å². The van der Waals surface area contributed by atoms with Crippen molar-refractivity contribution in [3.8, 4) is 5.75 Å². The summed E-state index contributed by atoms with van der Waals surface area (Å²) in [6.07, 6.45) is -0.168. The van der Waals surface area contributed by atoms with Gasteiger partial charge in [0.05, 0.1) is 6.61 Å². The van der Waals surface area contributed by atoms with Crippen LogP contribution in [0.15, 0.2) is 24.3 Å². The number of Topliss-reactive ketones (excluding diaryl/α,β-unsaturated/α-hetero) is 1. The number of carbonyl (C=O) groups is 1. The van der Waals surface area contributed by atoms with Crippen LogP contribution in [0.5, 0.6) is 5.75 Å². The third kappa shape index (κ3) is 4.48. The second kappa shape index (κ2) is 6.50. The number of hydrogen-bond acceptors (Lipinski definition) is 2. The summed E-state index contributed by atoms with van der Waals surface area (Å²) in [4.78, 5) is 11.0. The molecule has 1 saturated carbocycles. The van der Waals surface area contributed by atoms with E-state index in [9.17, 15) is 18.0 Å². The number of carbonyl (C=O) groups excluding carboxylic acids is 1. The predicted octanol–water partition coefficient (Wildman–Crippen LogP) is 4.64. The summed E-state index contributed by atoms with van der Waals surface area (Å²) in [5.41, 5.74) is -0.360. The minimum Gasteiger partial charge on any atom is -0.493 e. The fourth-order valence-corrected chi connectivity index (χ4v) is 2.58. The third-order valence-electron chi connectivity index (χ3n) is 4.00. The van der Waals surface area contributed by atoms with Crippen molar-refractivity contribution >= 4 is 5.78 Å². The number of rotatable bonds is 4. The van der Waals surface area contributed by atoms with E-state index in [0.717, 1.165) is 30.9 Å². The zero-order valence-electron chi connectivity index (χ0n) is 12.0. The van der Waals surface area contributed by atoms with Gasteiger partial charge in [-0.2, -0.15) is 13.2 Å². The maximum atomic E-state index is 12.3. The summed E-state index contributed by atoms with van der Waals surface area (Å²) < 4.78 is 42.4. The molecule has 2 nitrogen and oxygen atoms in total. The topological polar surface area (TPSA) is 26.3 Å². The van der Waals surface area contributed by atoms with E-state index in [1.807, 2.05) is 0 Å². The van der Waals surface area contributed by atoms with Crippen LogP contribution < -0.4 is 4.74 Å². The van der Waals surface area contributed by atoms with E-state index in [0.29, 0.717) is 18.3 Å². The third-order valence-corrected chi connectivity index (χ3v) is 4.00. The Balaban J connectivity index is 1.87. The summed E-state index contributed by atoms with van der Waals surface area (Å²) >= 11 is 0. The first kappa shape index (κ1) is 15.9. The second-order valence-corrected chi connectivity index (χ2v) is 5.79. The van der Waals surface area contributed by atoms with Crippen LogP contribution in [0.25, 0.3) is 0 Å². The first-order chi connectivity index (χ1) is 9.86. The molecule has 116 valence electrons. The molecule has 1 aliphatic rings. The average Bonchev–Trinajstić information content (AvgIpc) is 2.45. The molecule has 0 unspecified atom stereocenters. The maximum absolute atomic E-state index is 12.3. The highest BCUT2D eigenvalue weighted by atomic mass is 19.4. The highest BCUT2D eigenvalue weighted by Gasteiger charge is 2.39. The van der Waals surface area contributed by atoms with Crippen molar-refractivity contribution in [3.05, 3.63) is 29.8 Å². The maximum Gasteiger partial charge on any atom is 0.454 e. The molecule has 0 aliphatic heterocycles. The molecular formula is C16H19F3O2. The lowest BCUT2D eigenvalue weighted by molar-refractivity contribution is -0.0885.